The maximum Gasteiger partial charge on any atom is 0.326 e. The molecule has 0 aliphatic heterocycles. The average Bonchev–Trinajstić information content (AvgIpc) is 2.38. The van der Waals surface area contributed by atoms with E-state index < -0.39 is 30.4 Å². The van der Waals surface area contributed by atoms with Gasteiger partial charge in [-0.3, -0.25) is 9.78 Å². The molecule has 0 fully saturated rings. The number of aromatic nitrogens is 1. The minimum Gasteiger partial charge on any atom is -0.480 e. The third-order valence-corrected chi connectivity index (χ3v) is 2.40. The Bertz CT molecular complexity index is 478. The lowest BCUT2D eigenvalue weighted by Crippen LogP contribution is -2.48. The predicted molar refractivity (Wildman–Crippen MR) is 69.7 cm³/mol. The number of hydrogen-bond acceptors (Lipinski definition) is 4. The molecule has 0 unspecified atom stereocenters. The Labute approximate surface area is 115 Å². The number of urea groups is 1. The number of aliphatic carboxylic acids is 1. The molecule has 1 atom stereocenters. The van der Waals surface area contributed by atoms with Gasteiger partial charge in [-0.05, 0) is 12.1 Å². The fourth-order valence-electron chi connectivity index (χ4n) is 1.46. The van der Waals surface area contributed by atoms with E-state index in [-0.39, 0.29) is 0 Å². The van der Waals surface area contributed by atoms with Gasteiger partial charge in [0.05, 0.1) is 6.42 Å². The van der Waals surface area contributed by atoms with Crippen LogP contribution in [0.25, 0.3) is 0 Å². The van der Waals surface area contributed by atoms with Crippen LogP contribution in [0, 0.1) is 0 Å². The van der Waals surface area contributed by atoms with Gasteiger partial charge in [0.25, 0.3) is 0 Å². The van der Waals surface area contributed by atoms with Gasteiger partial charge < -0.3 is 21.5 Å². The molecule has 8 heteroatoms. The van der Waals surface area contributed by atoms with Crippen LogP contribution in [0.3, 0.4) is 0 Å². The smallest absolute Gasteiger partial charge is 0.326 e. The molecule has 3 amide bonds. The quantitative estimate of drug-likeness (QED) is 0.521. The van der Waals surface area contributed by atoms with E-state index in [4.69, 9.17) is 10.8 Å². The SMILES string of the molecule is NC(=O)C[C@@H](NC(=O)NCCc1ccccn1)C(=O)O. The molecule has 1 heterocycles. The van der Waals surface area contributed by atoms with Gasteiger partial charge in [0.1, 0.15) is 6.04 Å². The molecule has 0 saturated heterocycles. The molecular formula is C12H16N4O4. The van der Waals surface area contributed by atoms with E-state index in [1.165, 1.54) is 0 Å². The average molecular weight is 280 g/mol. The number of carbonyl (C=O) groups excluding carboxylic acids is 2. The fraction of sp³-hybridized carbons (Fsp3) is 0.333. The Morgan fingerprint density at radius 3 is 2.65 bits per heavy atom. The van der Waals surface area contributed by atoms with E-state index in [1.807, 2.05) is 12.1 Å². The first kappa shape index (κ1) is 15.4. The zero-order valence-corrected chi connectivity index (χ0v) is 10.7. The first-order valence-electron chi connectivity index (χ1n) is 5.94. The first-order chi connectivity index (χ1) is 9.49. The fourth-order valence-corrected chi connectivity index (χ4v) is 1.46. The molecule has 0 saturated carbocycles. The summed E-state index contributed by atoms with van der Waals surface area (Å²) in [4.78, 5) is 37.0. The van der Waals surface area contributed by atoms with E-state index >= 15 is 0 Å². The van der Waals surface area contributed by atoms with E-state index in [0.717, 1.165) is 5.69 Å². The van der Waals surface area contributed by atoms with Crippen molar-refractivity contribution in [3.63, 3.8) is 0 Å². The molecule has 1 rings (SSSR count). The topological polar surface area (TPSA) is 134 Å². The molecule has 1 aromatic rings. The summed E-state index contributed by atoms with van der Waals surface area (Å²) >= 11 is 0. The number of hydrogen-bond donors (Lipinski definition) is 4. The van der Waals surface area contributed by atoms with Gasteiger partial charge in [-0.25, -0.2) is 9.59 Å². The lowest BCUT2D eigenvalue weighted by molar-refractivity contribution is -0.140. The molecule has 8 nitrogen and oxygen atoms in total. The zero-order valence-electron chi connectivity index (χ0n) is 10.7. The maximum absolute atomic E-state index is 11.5. The molecule has 108 valence electrons. The number of nitrogens with zero attached hydrogens (tertiary/aromatic N) is 1. The molecule has 1 aromatic heterocycles. The zero-order chi connectivity index (χ0) is 15.0. The standard InChI is InChI=1S/C12H16N4O4/c13-10(17)7-9(11(18)19)16-12(20)15-6-4-8-3-1-2-5-14-8/h1-3,5,9H,4,6-7H2,(H2,13,17)(H,18,19)(H2,15,16,20)/t9-/m1/s1. The van der Waals surface area contributed by atoms with Crippen molar-refractivity contribution < 1.29 is 19.5 Å². The molecule has 0 radical (unpaired) electrons. The number of nitrogens with one attached hydrogen (secondary N) is 2. The van der Waals surface area contributed by atoms with Crippen molar-refractivity contribution >= 4 is 17.9 Å². The van der Waals surface area contributed by atoms with Crippen LogP contribution in [0.1, 0.15) is 12.1 Å². The Hall–Kier alpha value is -2.64. The van der Waals surface area contributed by atoms with Gasteiger partial charge in [-0.2, -0.15) is 0 Å². The molecule has 0 spiro atoms. The second-order valence-electron chi connectivity index (χ2n) is 4.03. The highest BCUT2D eigenvalue weighted by Gasteiger charge is 2.21. The summed E-state index contributed by atoms with van der Waals surface area (Å²) < 4.78 is 0. The highest BCUT2D eigenvalue weighted by Crippen LogP contribution is 1.94. The monoisotopic (exact) mass is 280 g/mol. The third-order valence-electron chi connectivity index (χ3n) is 2.40. The number of carboxylic acid groups (broad SMARTS) is 1. The van der Waals surface area contributed by atoms with Crippen molar-refractivity contribution in [2.24, 2.45) is 5.73 Å². The highest BCUT2D eigenvalue weighted by atomic mass is 16.4. The Kier molecular flexibility index (Phi) is 5.95. The van der Waals surface area contributed by atoms with Gasteiger partial charge >= 0.3 is 12.0 Å². The Morgan fingerprint density at radius 2 is 2.10 bits per heavy atom. The molecule has 5 N–H and O–H groups in total. The van der Waals surface area contributed by atoms with Crippen LogP contribution in [-0.4, -0.2) is 40.6 Å². The van der Waals surface area contributed by atoms with E-state index in [0.29, 0.717) is 13.0 Å². The number of nitrogens with two attached hydrogens (primary N) is 1. The minimum absolute atomic E-state index is 0.297. The number of amides is 3. The summed E-state index contributed by atoms with van der Waals surface area (Å²) in [7, 11) is 0. The van der Waals surface area contributed by atoms with Gasteiger partial charge in [0.15, 0.2) is 0 Å². The Morgan fingerprint density at radius 1 is 1.35 bits per heavy atom. The third kappa shape index (κ3) is 5.80. The highest BCUT2D eigenvalue weighted by molar-refractivity contribution is 5.87. The summed E-state index contributed by atoms with van der Waals surface area (Å²) in [6.45, 7) is 0.297. The van der Waals surface area contributed by atoms with Crippen molar-refractivity contribution in [3.8, 4) is 0 Å². The summed E-state index contributed by atoms with van der Waals surface area (Å²) in [6.07, 6.45) is 1.70. The summed E-state index contributed by atoms with van der Waals surface area (Å²) in [6, 6.07) is 3.42. The summed E-state index contributed by atoms with van der Waals surface area (Å²) in [5.74, 6) is -2.12. The van der Waals surface area contributed by atoms with Crippen molar-refractivity contribution in [1.29, 1.82) is 0 Å². The lowest BCUT2D eigenvalue weighted by atomic mass is 10.2. The van der Waals surface area contributed by atoms with E-state index in [9.17, 15) is 14.4 Å². The van der Waals surface area contributed by atoms with Crippen LogP contribution in [0.2, 0.25) is 0 Å². The Balaban J connectivity index is 2.35. The number of carboxylic acids is 1. The van der Waals surface area contributed by atoms with Crippen molar-refractivity contribution in [2.45, 2.75) is 18.9 Å². The predicted octanol–water partition coefficient (Wildman–Crippen LogP) is -0.748. The van der Waals surface area contributed by atoms with Gasteiger partial charge in [-0.15, -0.1) is 0 Å². The number of pyridine rings is 1. The lowest BCUT2D eigenvalue weighted by Gasteiger charge is -2.13. The maximum atomic E-state index is 11.5. The molecule has 0 aromatic carbocycles. The molecule has 0 bridgehead atoms. The second kappa shape index (κ2) is 7.72. The van der Waals surface area contributed by atoms with Crippen LogP contribution in [0.4, 0.5) is 4.79 Å². The van der Waals surface area contributed by atoms with Crippen LogP contribution < -0.4 is 16.4 Å². The normalized spacial score (nSPS) is 11.4. The van der Waals surface area contributed by atoms with E-state index in [1.54, 1.807) is 12.3 Å². The van der Waals surface area contributed by atoms with Gasteiger partial charge in [0.2, 0.25) is 5.91 Å². The van der Waals surface area contributed by atoms with Crippen LogP contribution >= 0.6 is 0 Å². The molecule has 20 heavy (non-hydrogen) atoms. The van der Waals surface area contributed by atoms with Crippen molar-refractivity contribution in [3.05, 3.63) is 30.1 Å². The summed E-state index contributed by atoms with van der Waals surface area (Å²) in [5.41, 5.74) is 5.71. The van der Waals surface area contributed by atoms with Crippen LogP contribution in [-0.2, 0) is 16.0 Å². The number of rotatable bonds is 7. The molecular weight excluding hydrogens is 264 g/mol. The van der Waals surface area contributed by atoms with Crippen LogP contribution in [0.5, 0.6) is 0 Å². The molecule has 0 aliphatic carbocycles. The minimum atomic E-state index is -1.33. The number of carbonyl (C=O) groups is 3. The van der Waals surface area contributed by atoms with Gasteiger partial charge in [0, 0.05) is 24.9 Å². The second-order valence-corrected chi connectivity index (χ2v) is 4.03. The van der Waals surface area contributed by atoms with E-state index in [2.05, 4.69) is 15.6 Å². The van der Waals surface area contributed by atoms with Crippen molar-refractivity contribution in [1.82, 2.24) is 15.6 Å². The largest absolute Gasteiger partial charge is 0.480 e. The molecule has 0 aliphatic rings. The first-order valence-corrected chi connectivity index (χ1v) is 5.94. The van der Waals surface area contributed by atoms with Crippen molar-refractivity contribution in [2.75, 3.05) is 6.54 Å². The van der Waals surface area contributed by atoms with Gasteiger partial charge in [-0.1, -0.05) is 6.07 Å². The number of primary amides is 1. The van der Waals surface area contributed by atoms with Crippen LogP contribution in [0.15, 0.2) is 24.4 Å². The summed E-state index contributed by atoms with van der Waals surface area (Å²) in [5, 5.41) is 13.5.